The first-order chi connectivity index (χ1) is 7.41. The van der Waals surface area contributed by atoms with Gasteiger partial charge >= 0.3 is 0 Å². The summed E-state index contributed by atoms with van der Waals surface area (Å²) in [5, 5.41) is 3.00. The number of carbonyl (C=O) groups excluding carboxylic acids is 1. The SMILES string of the molecule is CCC(C)NC(=O)C(C)N1CC(N)(CC)C1. The first kappa shape index (κ1) is 13.5. The van der Waals surface area contributed by atoms with Gasteiger partial charge in [-0.1, -0.05) is 13.8 Å². The summed E-state index contributed by atoms with van der Waals surface area (Å²) < 4.78 is 0. The lowest BCUT2D eigenvalue weighted by Crippen LogP contribution is -2.70. The van der Waals surface area contributed by atoms with Gasteiger partial charge in [-0.15, -0.1) is 0 Å². The third-order valence-electron chi connectivity index (χ3n) is 3.67. The minimum Gasteiger partial charge on any atom is -0.352 e. The molecule has 1 heterocycles. The van der Waals surface area contributed by atoms with Crippen molar-refractivity contribution in [1.29, 1.82) is 0 Å². The Kier molecular flexibility index (Phi) is 4.33. The zero-order valence-corrected chi connectivity index (χ0v) is 10.9. The monoisotopic (exact) mass is 227 g/mol. The van der Waals surface area contributed by atoms with Gasteiger partial charge in [-0.25, -0.2) is 0 Å². The molecule has 0 aromatic carbocycles. The van der Waals surface area contributed by atoms with Crippen LogP contribution in [-0.4, -0.2) is 41.5 Å². The molecule has 2 unspecified atom stereocenters. The van der Waals surface area contributed by atoms with Crippen LogP contribution in [0.25, 0.3) is 0 Å². The molecule has 4 heteroatoms. The van der Waals surface area contributed by atoms with Crippen LogP contribution < -0.4 is 11.1 Å². The van der Waals surface area contributed by atoms with E-state index >= 15 is 0 Å². The summed E-state index contributed by atoms with van der Waals surface area (Å²) in [6.45, 7) is 9.81. The lowest BCUT2D eigenvalue weighted by molar-refractivity contribution is -0.129. The van der Waals surface area contributed by atoms with Crippen molar-refractivity contribution in [3.63, 3.8) is 0 Å². The third kappa shape index (κ3) is 2.95. The molecule has 0 aromatic heterocycles. The molecule has 2 atom stereocenters. The number of carbonyl (C=O) groups is 1. The second-order valence-corrected chi connectivity index (χ2v) is 5.11. The number of nitrogens with one attached hydrogen (secondary N) is 1. The van der Waals surface area contributed by atoms with Gasteiger partial charge in [0.25, 0.3) is 0 Å². The Balaban J connectivity index is 2.36. The topological polar surface area (TPSA) is 58.4 Å². The minimum absolute atomic E-state index is 0.0581. The largest absolute Gasteiger partial charge is 0.352 e. The molecule has 3 N–H and O–H groups in total. The van der Waals surface area contributed by atoms with Crippen LogP contribution in [0.3, 0.4) is 0 Å². The smallest absolute Gasteiger partial charge is 0.237 e. The standard InChI is InChI=1S/C12H25N3O/c1-5-9(3)14-11(16)10(4)15-7-12(13,6-2)8-15/h9-10H,5-8,13H2,1-4H3,(H,14,16). The van der Waals surface area contributed by atoms with E-state index in [1.54, 1.807) is 0 Å². The molecule has 1 aliphatic heterocycles. The Hall–Kier alpha value is -0.610. The van der Waals surface area contributed by atoms with Gasteiger partial charge in [0.15, 0.2) is 0 Å². The molecule has 1 fully saturated rings. The number of amides is 1. The molecule has 0 radical (unpaired) electrons. The molecule has 1 aliphatic rings. The molecule has 0 spiro atoms. The van der Waals surface area contributed by atoms with Crippen molar-refractivity contribution in [2.75, 3.05) is 13.1 Å². The molecule has 1 saturated heterocycles. The number of likely N-dealkylation sites (tertiary alicyclic amines) is 1. The molecule has 1 rings (SSSR count). The van der Waals surface area contributed by atoms with E-state index in [0.717, 1.165) is 25.9 Å². The van der Waals surface area contributed by atoms with Gasteiger partial charge in [-0.3, -0.25) is 9.69 Å². The summed E-state index contributed by atoms with van der Waals surface area (Å²) in [4.78, 5) is 14.0. The zero-order valence-electron chi connectivity index (χ0n) is 10.9. The van der Waals surface area contributed by atoms with E-state index in [-0.39, 0.29) is 23.5 Å². The Morgan fingerprint density at radius 1 is 1.44 bits per heavy atom. The van der Waals surface area contributed by atoms with Crippen molar-refractivity contribution in [2.45, 2.75) is 58.2 Å². The quantitative estimate of drug-likeness (QED) is 0.727. The normalized spacial score (nSPS) is 23.3. The predicted molar refractivity (Wildman–Crippen MR) is 66.1 cm³/mol. The molecule has 1 amide bonds. The second kappa shape index (κ2) is 5.15. The Morgan fingerprint density at radius 2 is 2.00 bits per heavy atom. The number of nitrogens with two attached hydrogens (primary N) is 1. The molecule has 0 aromatic rings. The van der Waals surface area contributed by atoms with E-state index in [1.165, 1.54) is 0 Å². The van der Waals surface area contributed by atoms with Crippen molar-refractivity contribution in [1.82, 2.24) is 10.2 Å². The molecule has 0 saturated carbocycles. The van der Waals surface area contributed by atoms with E-state index in [4.69, 9.17) is 5.73 Å². The Labute approximate surface area is 98.6 Å². The van der Waals surface area contributed by atoms with Crippen LogP contribution in [0.1, 0.15) is 40.5 Å². The van der Waals surface area contributed by atoms with Crippen LogP contribution in [0, 0.1) is 0 Å². The molecular weight excluding hydrogens is 202 g/mol. The Morgan fingerprint density at radius 3 is 2.44 bits per heavy atom. The van der Waals surface area contributed by atoms with Crippen molar-refractivity contribution < 1.29 is 4.79 Å². The second-order valence-electron chi connectivity index (χ2n) is 5.11. The molecule has 0 aliphatic carbocycles. The van der Waals surface area contributed by atoms with E-state index < -0.39 is 0 Å². The molecule has 0 bridgehead atoms. The van der Waals surface area contributed by atoms with Crippen molar-refractivity contribution >= 4 is 5.91 Å². The number of hydrogen-bond donors (Lipinski definition) is 2. The van der Waals surface area contributed by atoms with Gasteiger partial charge in [0, 0.05) is 24.7 Å². The fraction of sp³-hybridized carbons (Fsp3) is 0.917. The maximum Gasteiger partial charge on any atom is 0.237 e. The van der Waals surface area contributed by atoms with Gasteiger partial charge in [0.1, 0.15) is 0 Å². The van der Waals surface area contributed by atoms with Gasteiger partial charge in [0.05, 0.1) is 6.04 Å². The van der Waals surface area contributed by atoms with Gasteiger partial charge in [-0.05, 0) is 26.7 Å². The number of rotatable bonds is 5. The fourth-order valence-electron chi connectivity index (χ4n) is 1.89. The lowest BCUT2D eigenvalue weighted by atomic mass is 9.87. The lowest BCUT2D eigenvalue weighted by Gasteiger charge is -2.49. The summed E-state index contributed by atoms with van der Waals surface area (Å²) in [6, 6.07) is 0.197. The van der Waals surface area contributed by atoms with Gasteiger partial charge in [-0.2, -0.15) is 0 Å². The van der Waals surface area contributed by atoms with Crippen molar-refractivity contribution in [3.8, 4) is 0 Å². The average molecular weight is 227 g/mol. The Bertz CT molecular complexity index is 249. The fourth-order valence-corrected chi connectivity index (χ4v) is 1.89. The third-order valence-corrected chi connectivity index (χ3v) is 3.67. The van der Waals surface area contributed by atoms with Gasteiger partial charge < -0.3 is 11.1 Å². The average Bonchev–Trinajstić information content (AvgIpc) is 2.23. The van der Waals surface area contributed by atoms with Crippen molar-refractivity contribution in [3.05, 3.63) is 0 Å². The van der Waals surface area contributed by atoms with Crippen LogP contribution in [0.2, 0.25) is 0 Å². The summed E-state index contributed by atoms with van der Waals surface area (Å²) in [5.41, 5.74) is 6.02. The molecule has 4 nitrogen and oxygen atoms in total. The zero-order chi connectivity index (χ0) is 12.3. The highest BCUT2D eigenvalue weighted by molar-refractivity contribution is 5.81. The van der Waals surface area contributed by atoms with Gasteiger partial charge in [0.2, 0.25) is 5.91 Å². The highest BCUT2D eigenvalue weighted by Gasteiger charge is 2.41. The van der Waals surface area contributed by atoms with Crippen molar-refractivity contribution in [2.24, 2.45) is 5.73 Å². The summed E-state index contributed by atoms with van der Waals surface area (Å²) in [5.74, 6) is 0.118. The summed E-state index contributed by atoms with van der Waals surface area (Å²) >= 11 is 0. The first-order valence-corrected chi connectivity index (χ1v) is 6.25. The minimum atomic E-state index is -0.0646. The maximum atomic E-state index is 11.9. The van der Waals surface area contributed by atoms with Crippen LogP contribution in [0.5, 0.6) is 0 Å². The van der Waals surface area contributed by atoms with Crippen LogP contribution >= 0.6 is 0 Å². The number of nitrogens with zero attached hydrogens (tertiary/aromatic N) is 1. The van der Waals surface area contributed by atoms with Crippen LogP contribution in [-0.2, 0) is 4.79 Å². The summed E-state index contributed by atoms with van der Waals surface area (Å²) in [7, 11) is 0. The highest BCUT2D eigenvalue weighted by Crippen LogP contribution is 2.23. The van der Waals surface area contributed by atoms with E-state index in [1.807, 2.05) is 13.8 Å². The van der Waals surface area contributed by atoms with E-state index in [2.05, 4.69) is 24.1 Å². The molecular formula is C12H25N3O. The summed E-state index contributed by atoms with van der Waals surface area (Å²) in [6.07, 6.45) is 1.94. The highest BCUT2D eigenvalue weighted by atomic mass is 16.2. The van der Waals surface area contributed by atoms with Crippen LogP contribution in [0.4, 0.5) is 0 Å². The molecule has 16 heavy (non-hydrogen) atoms. The predicted octanol–water partition coefficient (Wildman–Crippen LogP) is 0.713. The van der Waals surface area contributed by atoms with E-state index in [9.17, 15) is 4.79 Å². The van der Waals surface area contributed by atoms with E-state index in [0.29, 0.717) is 0 Å². The maximum absolute atomic E-state index is 11.9. The van der Waals surface area contributed by atoms with Crippen LogP contribution in [0.15, 0.2) is 0 Å². The number of hydrogen-bond acceptors (Lipinski definition) is 3. The molecule has 94 valence electrons. The first-order valence-electron chi connectivity index (χ1n) is 6.25.